The van der Waals surface area contributed by atoms with Gasteiger partial charge in [-0.05, 0) is 48.4 Å². The minimum Gasteiger partial charge on any atom is -0.478 e. The average Bonchev–Trinajstić information content (AvgIpc) is 2.67. The number of hydrogen-bond acceptors (Lipinski definition) is 5. The van der Waals surface area contributed by atoms with Crippen LogP contribution in [0.15, 0.2) is 48.5 Å². The first-order valence-corrected chi connectivity index (χ1v) is 8.69. The van der Waals surface area contributed by atoms with Gasteiger partial charge in [0, 0.05) is 25.5 Å². The van der Waals surface area contributed by atoms with E-state index in [1.54, 1.807) is 14.1 Å². The zero-order valence-corrected chi connectivity index (χ0v) is 15.8. The molecule has 0 aliphatic rings. The normalized spacial score (nSPS) is 11.4. The van der Waals surface area contributed by atoms with Gasteiger partial charge in [-0.25, -0.2) is 4.79 Å². The molecule has 0 aliphatic carbocycles. The van der Waals surface area contributed by atoms with Crippen LogP contribution in [0.2, 0.25) is 0 Å². The zero-order chi connectivity index (χ0) is 20.7. The number of carboxylic acids is 1. The predicted molar refractivity (Wildman–Crippen MR) is 107 cm³/mol. The maximum absolute atomic E-state index is 12.2. The smallest absolute Gasteiger partial charge is 0.335 e. The molecule has 8 nitrogen and oxygen atoms in total. The van der Waals surface area contributed by atoms with Crippen molar-refractivity contribution in [1.82, 2.24) is 4.90 Å². The first-order valence-electron chi connectivity index (χ1n) is 8.69. The molecule has 148 valence electrons. The summed E-state index contributed by atoms with van der Waals surface area (Å²) >= 11 is 0. The molecule has 0 spiro atoms. The molecule has 1 atom stereocenters. The highest BCUT2D eigenvalue weighted by Gasteiger charge is 2.15. The molecule has 0 aliphatic heterocycles. The van der Waals surface area contributed by atoms with Gasteiger partial charge in [0.25, 0.3) is 0 Å². The minimum absolute atomic E-state index is 0.0286. The van der Waals surface area contributed by atoms with E-state index < -0.39 is 12.0 Å². The number of aromatic carboxylic acids is 1. The summed E-state index contributed by atoms with van der Waals surface area (Å²) in [6.45, 7) is 0.203. The number of hydrogen-bond donors (Lipinski definition) is 4. The highest BCUT2D eigenvalue weighted by molar-refractivity contribution is 5.95. The van der Waals surface area contributed by atoms with Crippen molar-refractivity contribution in [2.45, 2.75) is 12.5 Å². The molecule has 28 heavy (non-hydrogen) atoms. The standard InChI is InChI=1S/C20H24N4O4/c1-24(2)18(25)12-22-15-7-3-13(4-8-15)11-17(21)19(26)23-16-9-5-14(6-10-16)20(27)28/h3-10,17,22H,11-12,21H2,1-2H3,(H,23,26)(H,27,28). The number of carbonyl (C=O) groups is 3. The average molecular weight is 384 g/mol. The summed E-state index contributed by atoms with van der Waals surface area (Å²) in [4.78, 5) is 36.2. The molecule has 2 amide bonds. The molecule has 0 heterocycles. The van der Waals surface area contributed by atoms with E-state index in [1.165, 1.54) is 29.2 Å². The summed E-state index contributed by atoms with van der Waals surface area (Å²) < 4.78 is 0. The Balaban J connectivity index is 1.87. The summed E-state index contributed by atoms with van der Waals surface area (Å²) in [6.07, 6.45) is 0.343. The van der Waals surface area contributed by atoms with Crippen LogP contribution >= 0.6 is 0 Å². The first-order chi connectivity index (χ1) is 13.3. The summed E-state index contributed by atoms with van der Waals surface area (Å²) in [5.74, 6) is -1.42. The minimum atomic E-state index is -1.03. The summed E-state index contributed by atoms with van der Waals surface area (Å²) in [6, 6.07) is 12.4. The lowest BCUT2D eigenvalue weighted by atomic mass is 10.1. The Kier molecular flexibility index (Phi) is 7.11. The molecular formula is C20H24N4O4. The molecule has 2 aromatic carbocycles. The fourth-order valence-electron chi connectivity index (χ4n) is 2.37. The van der Waals surface area contributed by atoms with Crippen molar-refractivity contribution in [3.8, 4) is 0 Å². The second kappa shape index (κ2) is 9.52. The van der Waals surface area contributed by atoms with Crippen LogP contribution in [-0.4, -0.2) is 54.5 Å². The Morgan fingerprint density at radius 2 is 1.57 bits per heavy atom. The lowest BCUT2D eigenvalue weighted by molar-refractivity contribution is -0.126. The molecule has 2 rings (SSSR count). The summed E-state index contributed by atoms with van der Waals surface area (Å²) in [7, 11) is 3.39. The lowest BCUT2D eigenvalue weighted by Crippen LogP contribution is -2.37. The molecular weight excluding hydrogens is 360 g/mol. The molecule has 0 saturated heterocycles. The Hall–Kier alpha value is -3.39. The van der Waals surface area contributed by atoms with Crippen LogP contribution in [0, 0.1) is 0 Å². The van der Waals surface area contributed by atoms with Crippen LogP contribution in [0.25, 0.3) is 0 Å². The largest absolute Gasteiger partial charge is 0.478 e. The second-order valence-electron chi connectivity index (χ2n) is 6.52. The molecule has 0 bridgehead atoms. The lowest BCUT2D eigenvalue weighted by Gasteiger charge is -2.14. The van der Waals surface area contributed by atoms with Crippen molar-refractivity contribution in [2.24, 2.45) is 5.73 Å². The molecule has 5 N–H and O–H groups in total. The van der Waals surface area contributed by atoms with Crippen molar-refractivity contribution in [1.29, 1.82) is 0 Å². The molecule has 0 saturated carbocycles. The van der Waals surface area contributed by atoms with Crippen molar-refractivity contribution < 1.29 is 19.5 Å². The van der Waals surface area contributed by atoms with Crippen LogP contribution in [0.3, 0.4) is 0 Å². The number of benzene rings is 2. The van der Waals surface area contributed by atoms with Gasteiger partial charge in [-0.3, -0.25) is 9.59 Å². The second-order valence-corrected chi connectivity index (χ2v) is 6.52. The number of nitrogens with zero attached hydrogens (tertiary/aromatic N) is 1. The molecule has 8 heteroatoms. The Labute approximate surface area is 163 Å². The SMILES string of the molecule is CN(C)C(=O)CNc1ccc(CC(N)C(=O)Nc2ccc(C(=O)O)cc2)cc1. The van der Waals surface area contributed by atoms with Gasteiger partial charge in [0.15, 0.2) is 0 Å². The van der Waals surface area contributed by atoms with Crippen LogP contribution in [0.1, 0.15) is 15.9 Å². The van der Waals surface area contributed by atoms with E-state index in [0.29, 0.717) is 12.1 Å². The van der Waals surface area contributed by atoms with Gasteiger partial charge in [-0.1, -0.05) is 12.1 Å². The van der Waals surface area contributed by atoms with E-state index in [2.05, 4.69) is 10.6 Å². The number of amides is 2. The number of nitrogens with two attached hydrogens (primary N) is 1. The molecule has 2 aromatic rings. The Morgan fingerprint density at radius 1 is 1.00 bits per heavy atom. The highest BCUT2D eigenvalue weighted by Crippen LogP contribution is 2.13. The van der Waals surface area contributed by atoms with Gasteiger partial charge in [0.05, 0.1) is 18.2 Å². The third-order valence-corrected chi connectivity index (χ3v) is 4.09. The number of anilines is 2. The fraction of sp³-hybridized carbons (Fsp3) is 0.250. The molecule has 0 fully saturated rings. The van der Waals surface area contributed by atoms with E-state index >= 15 is 0 Å². The third-order valence-electron chi connectivity index (χ3n) is 4.09. The van der Waals surface area contributed by atoms with Crippen molar-refractivity contribution in [2.75, 3.05) is 31.3 Å². The molecule has 0 radical (unpaired) electrons. The third kappa shape index (κ3) is 6.10. The topological polar surface area (TPSA) is 125 Å². The van der Waals surface area contributed by atoms with Crippen molar-refractivity contribution in [3.63, 3.8) is 0 Å². The van der Waals surface area contributed by atoms with Crippen molar-refractivity contribution >= 4 is 29.2 Å². The number of carboxylic acid groups (broad SMARTS) is 1. The van der Waals surface area contributed by atoms with E-state index in [4.69, 9.17) is 10.8 Å². The van der Waals surface area contributed by atoms with Crippen molar-refractivity contribution in [3.05, 3.63) is 59.7 Å². The zero-order valence-electron chi connectivity index (χ0n) is 15.8. The van der Waals surface area contributed by atoms with Crippen LogP contribution in [0.4, 0.5) is 11.4 Å². The van der Waals surface area contributed by atoms with E-state index in [-0.39, 0.29) is 23.9 Å². The number of likely N-dealkylation sites (N-methyl/N-ethyl adjacent to an activating group) is 1. The van der Waals surface area contributed by atoms with Gasteiger partial charge in [0.1, 0.15) is 0 Å². The van der Waals surface area contributed by atoms with Gasteiger partial charge >= 0.3 is 5.97 Å². The van der Waals surface area contributed by atoms with Gasteiger partial charge in [0.2, 0.25) is 11.8 Å². The summed E-state index contributed by atoms with van der Waals surface area (Å²) in [5.41, 5.74) is 8.28. The first kappa shape index (κ1) is 20.9. The van der Waals surface area contributed by atoms with Gasteiger partial charge < -0.3 is 26.4 Å². The monoisotopic (exact) mass is 384 g/mol. The predicted octanol–water partition coefficient (Wildman–Crippen LogP) is 1.39. The van der Waals surface area contributed by atoms with Crippen LogP contribution < -0.4 is 16.4 Å². The van der Waals surface area contributed by atoms with Crippen LogP contribution in [-0.2, 0) is 16.0 Å². The Morgan fingerprint density at radius 3 is 2.11 bits per heavy atom. The molecule has 1 unspecified atom stereocenters. The van der Waals surface area contributed by atoms with E-state index in [9.17, 15) is 14.4 Å². The van der Waals surface area contributed by atoms with Gasteiger partial charge in [-0.15, -0.1) is 0 Å². The fourth-order valence-corrected chi connectivity index (χ4v) is 2.37. The van der Waals surface area contributed by atoms with Gasteiger partial charge in [-0.2, -0.15) is 0 Å². The Bertz CT molecular complexity index is 832. The van der Waals surface area contributed by atoms with Crippen LogP contribution in [0.5, 0.6) is 0 Å². The highest BCUT2D eigenvalue weighted by atomic mass is 16.4. The number of carbonyl (C=O) groups excluding carboxylic acids is 2. The maximum atomic E-state index is 12.2. The number of rotatable bonds is 8. The summed E-state index contributed by atoms with van der Waals surface area (Å²) in [5, 5.41) is 14.6. The van der Waals surface area contributed by atoms with E-state index in [0.717, 1.165) is 11.3 Å². The quantitative estimate of drug-likeness (QED) is 0.545. The molecule has 0 aromatic heterocycles. The number of nitrogens with one attached hydrogen (secondary N) is 2. The van der Waals surface area contributed by atoms with E-state index in [1.807, 2.05) is 24.3 Å². The maximum Gasteiger partial charge on any atom is 0.335 e.